The third-order valence-electron chi connectivity index (χ3n) is 4.16. The normalized spacial score (nSPS) is 10.9. The summed E-state index contributed by atoms with van der Waals surface area (Å²) in [7, 11) is -2.72. The Hall–Kier alpha value is -3.55. The van der Waals surface area contributed by atoms with Gasteiger partial charge in [-0.1, -0.05) is 0 Å². The minimum Gasteiger partial charge on any atom is -0.391 e. The first-order valence-corrected chi connectivity index (χ1v) is 11.7. The number of carbonyl (C=O) groups is 3. The second-order valence-electron chi connectivity index (χ2n) is 6.61. The lowest BCUT2D eigenvalue weighted by Gasteiger charge is -2.09. The molecule has 3 amide bonds. The summed E-state index contributed by atoms with van der Waals surface area (Å²) in [6.07, 6.45) is 0.314. The molecule has 0 atom stereocenters. The van der Waals surface area contributed by atoms with Gasteiger partial charge in [-0.05, 0) is 37.3 Å². The summed E-state index contributed by atoms with van der Waals surface area (Å²) in [5, 5.41) is 5.07. The summed E-state index contributed by atoms with van der Waals surface area (Å²) in [5.41, 5.74) is 0.189. The predicted molar refractivity (Wildman–Crippen MR) is 120 cm³/mol. The Morgan fingerprint density at radius 3 is 2.21 bits per heavy atom. The first-order chi connectivity index (χ1) is 16.3. The van der Waals surface area contributed by atoms with Crippen LogP contribution >= 0.6 is 0 Å². The number of sulfonamides is 1. The fourth-order valence-electron chi connectivity index (χ4n) is 2.47. The van der Waals surface area contributed by atoms with Gasteiger partial charge in [-0.25, -0.2) is 22.9 Å². The number of nitrogens with one attached hydrogen (secondary N) is 3. The van der Waals surface area contributed by atoms with Crippen molar-refractivity contribution < 1.29 is 37.0 Å². The Bertz CT molecular complexity index is 1070. The molecule has 2 rings (SSSR count). The molecule has 1 aromatic carbocycles. The van der Waals surface area contributed by atoms with Crippen molar-refractivity contribution >= 4 is 27.9 Å². The highest BCUT2D eigenvalue weighted by molar-refractivity contribution is 7.90. The third kappa shape index (κ3) is 8.42. The van der Waals surface area contributed by atoms with Crippen LogP contribution in [0.2, 0.25) is 0 Å². The molecule has 3 N–H and O–H groups in total. The molecule has 0 saturated carbocycles. The summed E-state index contributed by atoms with van der Waals surface area (Å²) >= 11 is 0. The number of ether oxygens (including phenoxy) is 3. The van der Waals surface area contributed by atoms with Crippen molar-refractivity contribution in [2.45, 2.75) is 11.8 Å². The standard InChI is InChI=1S/C21H26N4O8S/c1-3-32-13-11-22-19(26)15-4-7-17(8-5-15)34(29,30)25-20(27)16-6-9-18(24-14-16)33-21(28)23-10-12-31-2/h4-9,14H,3,10-13H2,1-2H3,(H,22,26)(H,23,28)(H,25,27). The van der Waals surface area contributed by atoms with Crippen molar-refractivity contribution in [1.82, 2.24) is 20.3 Å². The molecule has 13 heteroatoms. The SMILES string of the molecule is CCOCCNC(=O)c1ccc(S(=O)(=O)NC(=O)c2ccc(OC(=O)NCCOC)nc2)cc1. The lowest BCUT2D eigenvalue weighted by molar-refractivity contribution is 0.0921. The van der Waals surface area contributed by atoms with Crippen LogP contribution in [0.1, 0.15) is 27.6 Å². The van der Waals surface area contributed by atoms with Gasteiger partial charge in [-0.15, -0.1) is 0 Å². The number of rotatable bonds is 12. The molecule has 1 heterocycles. The van der Waals surface area contributed by atoms with Crippen molar-refractivity contribution in [3.8, 4) is 5.88 Å². The molecule has 12 nitrogen and oxygen atoms in total. The van der Waals surface area contributed by atoms with Crippen LogP contribution < -0.4 is 20.1 Å². The van der Waals surface area contributed by atoms with Crippen LogP contribution in [0, 0.1) is 0 Å². The van der Waals surface area contributed by atoms with E-state index in [-0.39, 0.29) is 34.4 Å². The van der Waals surface area contributed by atoms with Crippen LogP contribution in [0.15, 0.2) is 47.5 Å². The van der Waals surface area contributed by atoms with Gasteiger partial charge in [-0.2, -0.15) is 0 Å². The number of benzene rings is 1. The maximum Gasteiger partial charge on any atom is 0.414 e. The second kappa shape index (κ2) is 13.2. The third-order valence-corrected chi connectivity index (χ3v) is 5.51. The van der Waals surface area contributed by atoms with Gasteiger partial charge in [0, 0.05) is 44.6 Å². The Balaban J connectivity index is 1.94. The molecule has 0 saturated heterocycles. The number of methoxy groups -OCH3 is 1. The zero-order valence-electron chi connectivity index (χ0n) is 18.7. The van der Waals surface area contributed by atoms with Crippen LogP contribution in [0.5, 0.6) is 5.88 Å². The van der Waals surface area contributed by atoms with Gasteiger partial charge in [0.1, 0.15) is 0 Å². The zero-order chi connectivity index (χ0) is 25.0. The van der Waals surface area contributed by atoms with E-state index in [0.717, 1.165) is 6.20 Å². The highest BCUT2D eigenvalue weighted by atomic mass is 32.2. The van der Waals surface area contributed by atoms with E-state index in [2.05, 4.69) is 15.6 Å². The van der Waals surface area contributed by atoms with E-state index < -0.39 is 22.0 Å². The average Bonchev–Trinajstić information content (AvgIpc) is 2.82. The fourth-order valence-corrected chi connectivity index (χ4v) is 3.44. The van der Waals surface area contributed by atoms with E-state index in [1.807, 2.05) is 11.6 Å². The summed E-state index contributed by atoms with van der Waals surface area (Å²) in [6, 6.07) is 7.59. The number of carbonyl (C=O) groups excluding carboxylic acids is 3. The van der Waals surface area contributed by atoms with E-state index in [1.165, 1.54) is 43.5 Å². The van der Waals surface area contributed by atoms with Crippen molar-refractivity contribution in [2.75, 3.05) is 40.0 Å². The molecule has 0 aliphatic heterocycles. The number of aromatic nitrogens is 1. The Kier molecular flexibility index (Phi) is 10.4. The number of hydrogen-bond acceptors (Lipinski definition) is 9. The van der Waals surface area contributed by atoms with Crippen molar-refractivity contribution in [3.63, 3.8) is 0 Å². The van der Waals surface area contributed by atoms with Crippen LogP contribution in [-0.4, -0.2) is 71.3 Å². The quantitative estimate of drug-likeness (QED) is 0.361. The molecule has 0 radical (unpaired) electrons. The highest BCUT2D eigenvalue weighted by Gasteiger charge is 2.20. The van der Waals surface area contributed by atoms with Crippen LogP contribution in [-0.2, 0) is 19.5 Å². The molecule has 0 aliphatic rings. The molecule has 0 unspecified atom stereocenters. The number of amides is 3. The number of nitrogens with zero attached hydrogens (tertiary/aromatic N) is 1. The van der Waals surface area contributed by atoms with Gasteiger partial charge in [0.05, 0.1) is 23.7 Å². The van der Waals surface area contributed by atoms with E-state index in [4.69, 9.17) is 14.2 Å². The Labute approximate surface area is 197 Å². The predicted octanol–water partition coefficient (Wildman–Crippen LogP) is 0.701. The van der Waals surface area contributed by atoms with Gasteiger partial charge in [0.25, 0.3) is 21.8 Å². The minimum absolute atomic E-state index is 0.0685. The zero-order valence-corrected chi connectivity index (χ0v) is 19.5. The van der Waals surface area contributed by atoms with E-state index in [9.17, 15) is 22.8 Å². The van der Waals surface area contributed by atoms with Crippen molar-refractivity contribution in [3.05, 3.63) is 53.7 Å². The smallest absolute Gasteiger partial charge is 0.391 e. The largest absolute Gasteiger partial charge is 0.414 e. The monoisotopic (exact) mass is 494 g/mol. The van der Waals surface area contributed by atoms with Crippen LogP contribution in [0.3, 0.4) is 0 Å². The Morgan fingerprint density at radius 1 is 0.912 bits per heavy atom. The average molecular weight is 495 g/mol. The first kappa shape index (κ1) is 26.7. The molecule has 1 aromatic heterocycles. The summed E-state index contributed by atoms with van der Waals surface area (Å²) in [5.74, 6) is -1.39. The van der Waals surface area contributed by atoms with E-state index >= 15 is 0 Å². The minimum atomic E-state index is -4.20. The van der Waals surface area contributed by atoms with Gasteiger partial charge < -0.3 is 24.8 Å². The van der Waals surface area contributed by atoms with Gasteiger partial charge in [0.15, 0.2) is 0 Å². The lowest BCUT2D eigenvalue weighted by Crippen LogP contribution is -2.31. The molecule has 0 fully saturated rings. The maximum absolute atomic E-state index is 12.5. The molecule has 0 spiro atoms. The highest BCUT2D eigenvalue weighted by Crippen LogP contribution is 2.13. The summed E-state index contributed by atoms with van der Waals surface area (Å²) in [6.45, 7) is 3.61. The van der Waals surface area contributed by atoms with E-state index in [1.54, 1.807) is 0 Å². The van der Waals surface area contributed by atoms with Crippen molar-refractivity contribution in [1.29, 1.82) is 0 Å². The number of hydrogen-bond donors (Lipinski definition) is 3. The molecule has 184 valence electrons. The van der Waals surface area contributed by atoms with Crippen molar-refractivity contribution in [2.24, 2.45) is 0 Å². The topological polar surface area (TPSA) is 162 Å². The number of pyridine rings is 1. The lowest BCUT2D eigenvalue weighted by atomic mass is 10.2. The first-order valence-electron chi connectivity index (χ1n) is 10.2. The fraction of sp³-hybridized carbons (Fsp3) is 0.333. The molecule has 34 heavy (non-hydrogen) atoms. The second-order valence-corrected chi connectivity index (χ2v) is 8.29. The van der Waals surface area contributed by atoms with E-state index in [0.29, 0.717) is 26.4 Å². The maximum atomic E-state index is 12.5. The van der Waals surface area contributed by atoms with Gasteiger partial charge >= 0.3 is 6.09 Å². The molecule has 2 aromatic rings. The molecular formula is C21H26N4O8S. The molecule has 0 aliphatic carbocycles. The summed E-state index contributed by atoms with van der Waals surface area (Å²) < 4.78 is 41.8. The molecular weight excluding hydrogens is 468 g/mol. The Morgan fingerprint density at radius 2 is 1.59 bits per heavy atom. The van der Waals surface area contributed by atoms with Gasteiger partial charge in [0.2, 0.25) is 5.88 Å². The van der Waals surface area contributed by atoms with Gasteiger partial charge in [-0.3, -0.25) is 9.59 Å². The van der Waals surface area contributed by atoms with Crippen LogP contribution in [0.4, 0.5) is 4.79 Å². The summed E-state index contributed by atoms with van der Waals surface area (Å²) in [4.78, 5) is 39.6. The molecule has 0 bridgehead atoms. The van der Waals surface area contributed by atoms with Crippen LogP contribution in [0.25, 0.3) is 0 Å².